The Morgan fingerprint density at radius 2 is 1.75 bits per heavy atom. The van der Waals surface area contributed by atoms with Gasteiger partial charge in [-0.2, -0.15) is 0 Å². The molecule has 1 aromatic heterocycles. The molecule has 0 saturated carbocycles. The van der Waals surface area contributed by atoms with Crippen LogP contribution in [0, 0.1) is 0 Å². The zero-order valence-corrected chi connectivity index (χ0v) is 9.98. The highest BCUT2D eigenvalue weighted by Crippen LogP contribution is 2.06. The molecule has 0 unspecified atom stereocenters. The molecule has 16 heavy (non-hydrogen) atoms. The molecule has 0 radical (unpaired) electrons. The highest BCUT2D eigenvalue weighted by atomic mass is 15.1. The molecule has 1 aromatic carbocycles. The van der Waals surface area contributed by atoms with Crippen LogP contribution in [0.25, 0.3) is 0 Å². The molecule has 1 heterocycles. The molecule has 2 nitrogen and oxygen atoms in total. The SMILES string of the molecule is C[NH+](C)Cc1cccn1Cc1ccccc1. The Labute approximate surface area is 97.1 Å². The van der Waals surface area contributed by atoms with Crippen LogP contribution in [0.15, 0.2) is 48.7 Å². The smallest absolute Gasteiger partial charge is 0.118 e. The molecule has 0 aliphatic heterocycles. The average Bonchev–Trinajstić information content (AvgIpc) is 2.66. The second-order valence-corrected chi connectivity index (χ2v) is 4.50. The zero-order chi connectivity index (χ0) is 11.4. The standard InChI is InChI=1S/C14H18N2/c1-15(2)12-14-9-6-10-16(14)11-13-7-4-3-5-8-13/h3-10H,11-12H2,1-2H3/p+1. The van der Waals surface area contributed by atoms with Crippen LogP contribution in [0.4, 0.5) is 0 Å². The van der Waals surface area contributed by atoms with Crippen LogP contribution in [-0.4, -0.2) is 18.7 Å². The molecule has 0 aliphatic rings. The maximum Gasteiger partial charge on any atom is 0.118 e. The Balaban J connectivity index is 2.13. The van der Waals surface area contributed by atoms with Crippen molar-refractivity contribution in [2.75, 3.05) is 14.1 Å². The molecule has 2 aromatic rings. The van der Waals surface area contributed by atoms with E-state index in [0.717, 1.165) is 13.1 Å². The van der Waals surface area contributed by atoms with Crippen molar-refractivity contribution in [3.05, 3.63) is 59.9 Å². The van der Waals surface area contributed by atoms with E-state index in [1.54, 1.807) is 0 Å². The van der Waals surface area contributed by atoms with Gasteiger partial charge in [-0.1, -0.05) is 30.3 Å². The molecule has 0 atom stereocenters. The van der Waals surface area contributed by atoms with Crippen LogP contribution in [0.3, 0.4) is 0 Å². The van der Waals surface area contributed by atoms with E-state index in [4.69, 9.17) is 0 Å². The summed E-state index contributed by atoms with van der Waals surface area (Å²) < 4.78 is 2.32. The van der Waals surface area contributed by atoms with Crippen LogP contribution < -0.4 is 4.90 Å². The largest absolute Gasteiger partial charge is 0.342 e. The predicted octanol–water partition coefficient (Wildman–Crippen LogP) is 1.18. The second-order valence-electron chi connectivity index (χ2n) is 4.50. The van der Waals surface area contributed by atoms with Crippen LogP contribution in [-0.2, 0) is 13.1 Å². The molecule has 0 fully saturated rings. The minimum absolute atomic E-state index is 0.969. The van der Waals surface area contributed by atoms with Gasteiger partial charge in [0.15, 0.2) is 0 Å². The fraction of sp³-hybridized carbons (Fsp3) is 0.286. The molecule has 0 spiro atoms. The topological polar surface area (TPSA) is 9.37 Å². The van der Waals surface area contributed by atoms with Crippen molar-refractivity contribution >= 4 is 0 Å². The van der Waals surface area contributed by atoms with E-state index in [-0.39, 0.29) is 0 Å². The van der Waals surface area contributed by atoms with E-state index in [1.165, 1.54) is 16.2 Å². The third-order valence-electron chi connectivity index (χ3n) is 2.65. The van der Waals surface area contributed by atoms with Crippen LogP contribution in [0.2, 0.25) is 0 Å². The molecule has 0 saturated heterocycles. The molecule has 1 N–H and O–H groups in total. The zero-order valence-electron chi connectivity index (χ0n) is 9.98. The first-order chi connectivity index (χ1) is 7.75. The number of nitrogens with one attached hydrogen (secondary N) is 1. The maximum absolute atomic E-state index is 2.32. The quantitative estimate of drug-likeness (QED) is 0.784. The van der Waals surface area contributed by atoms with Gasteiger partial charge in [0, 0.05) is 12.7 Å². The summed E-state index contributed by atoms with van der Waals surface area (Å²) in [5.41, 5.74) is 2.75. The van der Waals surface area contributed by atoms with E-state index in [1.807, 2.05) is 0 Å². The van der Waals surface area contributed by atoms with Gasteiger partial charge < -0.3 is 9.47 Å². The monoisotopic (exact) mass is 215 g/mol. The van der Waals surface area contributed by atoms with Gasteiger partial charge >= 0.3 is 0 Å². The maximum atomic E-state index is 2.32. The Bertz CT molecular complexity index is 429. The van der Waals surface area contributed by atoms with Crippen LogP contribution in [0.1, 0.15) is 11.3 Å². The first-order valence-corrected chi connectivity index (χ1v) is 5.72. The number of hydrogen-bond acceptors (Lipinski definition) is 0. The number of benzene rings is 1. The lowest BCUT2D eigenvalue weighted by atomic mass is 10.2. The van der Waals surface area contributed by atoms with Gasteiger partial charge in [0.2, 0.25) is 0 Å². The fourth-order valence-electron chi connectivity index (χ4n) is 1.91. The Morgan fingerprint density at radius 1 is 1.00 bits per heavy atom. The Kier molecular flexibility index (Phi) is 3.42. The van der Waals surface area contributed by atoms with Crippen molar-refractivity contribution in [3.8, 4) is 0 Å². The predicted molar refractivity (Wildman–Crippen MR) is 66.5 cm³/mol. The lowest BCUT2D eigenvalue weighted by molar-refractivity contribution is -0.873. The normalized spacial score (nSPS) is 10.9. The van der Waals surface area contributed by atoms with Crippen molar-refractivity contribution < 1.29 is 4.90 Å². The third kappa shape index (κ3) is 2.74. The van der Waals surface area contributed by atoms with Gasteiger partial charge in [0.1, 0.15) is 6.54 Å². The highest BCUT2D eigenvalue weighted by molar-refractivity contribution is 5.17. The summed E-state index contributed by atoms with van der Waals surface area (Å²) >= 11 is 0. The summed E-state index contributed by atoms with van der Waals surface area (Å²) in [6, 6.07) is 14.9. The van der Waals surface area contributed by atoms with Gasteiger partial charge in [-0.05, 0) is 17.7 Å². The summed E-state index contributed by atoms with van der Waals surface area (Å²) in [6.07, 6.45) is 2.16. The molecule has 84 valence electrons. The van der Waals surface area contributed by atoms with Crippen molar-refractivity contribution in [1.29, 1.82) is 0 Å². The van der Waals surface area contributed by atoms with E-state index >= 15 is 0 Å². The van der Waals surface area contributed by atoms with Gasteiger partial charge in [0.05, 0.1) is 19.8 Å². The molecule has 0 aliphatic carbocycles. The van der Waals surface area contributed by atoms with E-state index < -0.39 is 0 Å². The Morgan fingerprint density at radius 3 is 2.44 bits per heavy atom. The lowest BCUT2D eigenvalue weighted by Gasteiger charge is -2.11. The van der Waals surface area contributed by atoms with Gasteiger partial charge in [-0.15, -0.1) is 0 Å². The van der Waals surface area contributed by atoms with Crippen molar-refractivity contribution in [3.63, 3.8) is 0 Å². The van der Waals surface area contributed by atoms with Gasteiger partial charge in [-0.25, -0.2) is 0 Å². The number of rotatable bonds is 4. The third-order valence-corrected chi connectivity index (χ3v) is 2.65. The molecule has 0 bridgehead atoms. The van der Waals surface area contributed by atoms with Gasteiger partial charge in [-0.3, -0.25) is 0 Å². The van der Waals surface area contributed by atoms with Crippen molar-refractivity contribution in [1.82, 2.24) is 4.57 Å². The molecule has 2 rings (SSSR count). The van der Waals surface area contributed by atoms with E-state index in [2.05, 4.69) is 67.3 Å². The van der Waals surface area contributed by atoms with Crippen LogP contribution in [0.5, 0.6) is 0 Å². The molecule has 2 heteroatoms. The molecular formula is C14H19N2+. The minimum Gasteiger partial charge on any atom is -0.342 e. The summed E-state index contributed by atoms with van der Waals surface area (Å²) in [6.45, 7) is 2.04. The number of hydrogen-bond donors (Lipinski definition) is 1. The van der Waals surface area contributed by atoms with Crippen LogP contribution >= 0.6 is 0 Å². The van der Waals surface area contributed by atoms with E-state index in [9.17, 15) is 0 Å². The number of quaternary nitrogens is 1. The Hall–Kier alpha value is -1.54. The average molecular weight is 215 g/mol. The first kappa shape index (κ1) is 11.0. The number of nitrogens with zero attached hydrogens (tertiary/aromatic N) is 1. The summed E-state index contributed by atoms with van der Waals surface area (Å²) in [7, 11) is 4.36. The number of aromatic nitrogens is 1. The van der Waals surface area contributed by atoms with Crippen molar-refractivity contribution in [2.24, 2.45) is 0 Å². The highest BCUT2D eigenvalue weighted by Gasteiger charge is 2.04. The minimum atomic E-state index is 0.969. The summed E-state index contributed by atoms with van der Waals surface area (Å²) in [5, 5.41) is 0. The molecule has 0 amide bonds. The first-order valence-electron chi connectivity index (χ1n) is 5.72. The van der Waals surface area contributed by atoms with Crippen molar-refractivity contribution in [2.45, 2.75) is 13.1 Å². The lowest BCUT2D eigenvalue weighted by Crippen LogP contribution is -3.04. The van der Waals surface area contributed by atoms with Gasteiger partial charge in [0.25, 0.3) is 0 Å². The fourth-order valence-corrected chi connectivity index (χ4v) is 1.91. The summed E-state index contributed by atoms with van der Waals surface area (Å²) in [5.74, 6) is 0. The second kappa shape index (κ2) is 4.99. The summed E-state index contributed by atoms with van der Waals surface area (Å²) in [4.78, 5) is 1.45. The molecular weight excluding hydrogens is 196 g/mol. The van der Waals surface area contributed by atoms with E-state index in [0.29, 0.717) is 0 Å².